The number of carbonyl (C=O) groups is 3. The second-order valence-corrected chi connectivity index (χ2v) is 6.17. The van der Waals surface area contributed by atoms with E-state index in [2.05, 4.69) is 25.3 Å². The Kier molecular flexibility index (Phi) is 6.09. The molecule has 1 aromatic heterocycles. The maximum atomic E-state index is 14.0. The van der Waals surface area contributed by atoms with Crippen LogP contribution in [0.3, 0.4) is 0 Å². The van der Waals surface area contributed by atoms with E-state index in [1.807, 2.05) is 0 Å². The van der Waals surface area contributed by atoms with Crippen LogP contribution in [0.2, 0.25) is 0 Å². The fourth-order valence-electron chi connectivity index (χ4n) is 2.56. The van der Waals surface area contributed by atoms with Gasteiger partial charge in [-0.3, -0.25) is 14.4 Å². The molecule has 9 nitrogen and oxygen atoms in total. The minimum atomic E-state index is -4.99. The van der Waals surface area contributed by atoms with Crippen molar-refractivity contribution in [1.82, 2.24) is 9.97 Å². The van der Waals surface area contributed by atoms with E-state index in [-0.39, 0.29) is 22.8 Å². The van der Waals surface area contributed by atoms with E-state index in [4.69, 9.17) is 5.73 Å². The zero-order valence-electron chi connectivity index (χ0n) is 15.8. The van der Waals surface area contributed by atoms with Gasteiger partial charge in [-0.25, -0.2) is 9.37 Å². The smallest absolute Gasteiger partial charge is 0.406 e. The summed E-state index contributed by atoms with van der Waals surface area (Å²) in [4.78, 5) is 41.8. The number of amides is 3. The second-order valence-electron chi connectivity index (χ2n) is 6.17. The van der Waals surface area contributed by atoms with E-state index in [0.717, 1.165) is 18.5 Å². The lowest BCUT2D eigenvalue weighted by Crippen LogP contribution is -2.20. The third kappa shape index (κ3) is 5.38. The molecule has 0 bridgehead atoms. The van der Waals surface area contributed by atoms with Crippen LogP contribution in [-0.2, 0) is 0 Å². The van der Waals surface area contributed by atoms with Crippen molar-refractivity contribution in [1.29, 1.82) is 0 Å². The fourth-order valence-corrected chi connectivity index (χ4v) is 2.56. The molecule has 5 N–H and O–H groups in total. The van der Waals surface area contributed by atoms with Crippen molar-refractivity contribution in [3.8, 4) is 5.75 Å². The Hall–Kier alpha value is -4.42. The first kappa shape index (κ1) is 22.3. The van der Waals surface area contributed by atoms with E-state index in [1.165, 1.54) is 24.3 Å². The number of nitrogens with zero attached hydrogens (tertiary/aromatic N) is 1. The number of primary amides is 1. The molecule has 3 aromatic rings. The van der Waals surface area contributed by atoms with Crippen molar-refractivity contribution in [3.63, 3.8) is 0 Å². The van der Waals surface area contributed by atoms with Gasteiger partial charge in [-0.15, -0.1) is 13.2 Å². The van der Waals surface area contributed by atoms with Gasteiger partial charge in [0.1, 0.15) is 17.3 Å². The Morgan fingerprint density at radius 3 is 2.09 bits per heavy atom. The zero-order chi connectivity index (χ0) is 23.5. The topological polar surface area (TPSA) is 139 Å². The maximum Gasteiger partial charge on any atom is 0.573 e. The Balaban J connectivity index is 1.65. The monoisotopic (exact) mass is 451 g/mol. The van der Waals surface area contributed by atoms with E-state index < -0.39 is 41.2 Å². The highest BCUT2D eigenvalue weighted by Gasteiger charge is 2.31. The molecule has 32 heavy (non-hydrogen) atoms. The number of aromatic amines is 1. The van der Waals surface area contributed by atoms with Gasteiger partial charge in [0.25, 0.3) is 17.7 Å². The number of halogens is 4. The quantitative estimate of drug-likeness (QED) is 0.427. The summed E-state index contributed by atoms with van der Waals surface area (Å²) >= 11 is 0. The predicted molar refractivity (Wildman–Crippen MR) is 103 cm³/mol. The minimum Gasteiger partial charge on any atom is -0.406 e. The molecule has 0 radical (unpaired) electrons. The van der Waals surface area contributed by atoms with Crippen LogP contribution in [0.15, 0.2) is 48.8 Å². The van der Waals surface area contributed by atoms with Crippen molar-refractivity contribution in [3.05, 3.63) is 71.6 Å². The van der Waals surface area contributed by atoms with Gasteiger partial charge in [0.05, 0.1) is 11.9 Å². The molecule has 0 fully saturated rings. The summed E-state index contributed by atoms with van der Waals surface area (Å²) < 4.78 is 54.2. The van der Waals surface area contributed by atoms with Crippen molar-refractivity contribution < 1.29 is 36.7 Å². The van der Waals surface area contributed by atoms with Gasteiger partial charge in [0.2, 0.25) is 0 Å². The number of H-pyrrole nitrogens is 1. The number of benzene rings is 2. The normalized spacial score (nSPS) is 11.0. The van der Waals surface area contributed by atoms with Crippen LogP contribution in [0.4, 0.5) is 28.9 Å². The molecule has 0 saturated heterocycles. The molecule has 0 aliphatic heterocycles. The Morgan fingerprint density at radius 1 is 0.969 bits per heavy atom. The molecule has 0 saturated carbocycles. The largest absolute Gasteiger partial charge is 0.573 e. The van der Waals surface area contributed by atoms with Gasteiger partial charge in [0, 0.05) is 17.4 Å². The third-order valence-corrected chi connectivity index (χ3v) is 3.92. The average Bonchev–Trinajstić information content (AvgIpc) is 3.18. The molecular weight excluding hydrogens is 438 g/mol. The number of nitrogens with one attached hydrogen (secondary N) is 3. The number of aromatic nitrogens is 2. The molecule has 166 valence electrons. The van der Waals surface area contributed by atoms with E-state index >= 15 is 0 Å². The summed E-state index contributed by atoms with van der Waals surface area (Å²) in [5.41, 5.74) is 4.75. The van der Waals surface area contributed by atoms with Crippen LogP contribution in [0.5, 0.6) is 5.75 Å². The summed E-state index contributed by atoms with van der Waals surface area (Å²) in [6, 6.07) is 7.68. The molecule has 13 heteroatoms. The summed E-state index contributed by atoms with van der Waals surface area (Å²) in [6.07, 6.45) is -3.86. The third-order valence-electron chi connectivity index (χ3n) is 3.92. The average molecular weight is 451 g/mol. The predicted octanol–water partition coefficient (Wildman–Crippen LogP) is 3.05. The van der Waals surface area contributed by atoms with Gasteiger partial charge in [-0.1, -0.05) is 0 Å². The lowest BCUT2D eigenvalue weighted by Gasteiger charge is -2.11. The number of alkyl halides is 3. The number of anilines is 2. The number of rotatable bonds is 6. The lowest BCUT2D eigenvalue weighted by molar-refractivity contribution is -0.274. The molecule has 1 heterocycles. The first-order chi connectivity index (χ1) is 15.0. The fraction of sp³-hybridized carbons (Fsp3) is 0.0526. The van der Waals surface area contributed by atoms with Gasteiger partial charge in [0.15, 0.2) is 5.69 Å². The number of carbonyl (C=O) groups excluding carboxylic acids is 3. The van der Waals surface area contributed by atoms with Crippen molar-refractivity contribution in [2.24, 2.45) is 5.73 Å². The SMILES string of the molecule is NC(=O)c1nc[nH]c1C(=O)Nc1ccc(NC(=O)c2ccc(OC(F)(F)F)cc2F)cc1. The highest BCUT2D eigenvalue weighted by Crippen LogP contribution is 2.25. The van der Waals surface area contributed by atoms with Crippen LogP contribution >= 0.6 is 0 Å². The number of nitrogens with two attached hydrogens (primary N) is 1. The molecular formula is C19H13F4N5O4. The summed E-state index contributed by atoms with van der Waals surface area (Å²) in [5, 5.41) is 4.86. The van der Waals surface area contributed by atoms with Gasteiger partial charge < -0.3 is 26.1 Å². The van der Waals surface area contributed by atoms with E-state index in [0.29, 0.717) is 6.07 Å². The van der Waals surface area contributed by atoms with Crippen LogP contribution in [0.25, 0.3) is 0 Å². The highest BCUT2D eigenvalue weighted by atomic mass is 19.4. The maximum absolute atomic E-state index is 14.0. The minimum absolute atomic E-state index is 0.136. The molecule has 0 unspecified atom stereocenters. The highest BCUT2D eigenvalue weighted by molar-refractivity contribution is 6.10. The number of imidazole rings is 1. The van der Waals surface area contributed by atoms with Crippen LogP contribution < -0.4 is 21.1 Å². The number of ether oxygens (including phenoxy) is 1. The molecule has 3 amide bonds. The molecule has 0 atom stereocenters. The van der Waals surface area contributed by atoms with Crippen LogP contribution in [-0.4, -0.2) is 34.1 Å². The molecule has 0 aliphatic carbocycles. The molecule has 2 aromatic carbocycles. The van der Waals surface area contributed by atoms with Gasteiger partial charge in [-0.2, -0.15) is 0 Å². The Morgan fingerprint density at radius 2 is 1.56 bits per heavy atom. The van der Waals surface area contributed by atoms with Crippen LogP contribution in [0, 0.1) is 5.82 Å². The van der Waals surface area contributed by atoms with Crippen LogP contribution in [0.1, 0.15) is 31.3 Å². The first-order valence-corrected chi connectivity index (χ1v) is 8.65. The van der Waals surface area contributed by atoms with Crippen molar-refractivity contribution in [2.45, 2.75) is 6.36 Å². The molecule has 3 rings (SSSR count). The molecule has 0 spiro atoms. The second kappa shape index (κ2) is 8.75. The lowest BCUT2D eigenvalue weighted by atomic mass is 10.2. The van der Waals surface area contributed by atoms with E-state index in [1.54, 1.807) is 0 Å². The summed E-state index contributed by atoms with van der Waals surface area (Å²) in [6.45, 7) is 0. The van der Waals surface area contributed by atoms with Gasteiger partial charge >= 0.3 is 6.36 Å². The number of hydrogen-bond donors (Lipinski definition) is 4. The summed E-state index contributed by atoms with van der Waals surface area (Å²) in [5.74, 6) is -4.50. The Labute approximate surface area is 176 Å². The van der Waals surface area contributed by atoms with E-state index in [9.17, 15) is 31.9 Å². The molecule has 0 aliphatic rings. The standard InChI is InChI=1S/C19H13F4N5O4/c20-13-7-11(32-19(21,22)23)5-6-12(13)17(30)27-9-1-3-10(4-2-9)28-18(31)15-14(16(24)29)25-8-26-15/h1-8H,(H2,24,29)(H,25,26)(H,27,30)(H,28,31). The first-order valence-electron chi connectivity index (χ1n) is 8.65. The summed E-state index contributed by atoms with van der Waals surface area (Å²) in [7, 11) is 0. The zero-order valence-corrected chi connectivity index (χ0v) is 15.8. The Bertz CT molecular complexity index is 1180. The van der Waals surface area contributed by atoms with Gasteiger partial charge in [-0.05, 0) is 36.4 Å². The van der Waals surface area contributed by atoms with Crippen molar-refractivity contribution in [2.75, 3.05) is 10.6 Å². The number of hydrogen-bond acceptors (Lipinski definition) is 5. The van der Waals surface area contributed by atoms with Crippen molar-refractivity contribution >= 4 is 29.1 Å².